The van der Waals surface area contributed by atoms with E-state index in [-0.39, 0.29) is 5.91 Å². The minimum atomic E-state index is 0.0549. The fourth-order valence-corrected chi connectivity index (χ4v) is 3.15. The molecule has 2 aromatic rings. The SMILES string of the molecule is C#CCCN1CCN(C(=O)c2cc3ccc(OC)cc3nc2C)CC1. The summed E-state index contributed by atoms with van der Waals surface area (Å²) < 4.78 is 5.24. The number of pyridine rings is 1. The Morgan fingerprint density at radius 3 is 2.72 bits per heavy atom. The van der Waals surface area contributed by atoms with Crippen LogP contribution < -0.4 is 4.74 Å². The third kappa shape index (κ3) is 3.75. The highest BCUT2D eigenvalue weighted by molar-refractivity contribution is 5.98. The van der Waals surface area contributed by atoms with Crippen LogP contribution in [0.1, 0.15) is 22.5 Å². The van der Waals surface area contributed by atoms with Crippen molar-refractivity contribution in [2.45, 2.75) is 13.3 Å². The van der Waals surface area contributed by atoms with E-state index in [9.17, 15) is 4.79 Å². The molecule has 2 heterocycles. The minimum absolute atomic E-state index is 0.0549. The number of terminal acetylenes is 1. The third-order valence-electron chi connectivity index (χ3n) is 4.68. The van der Waals surface area contributed by atoms with Gasteiger partial charge in [-0.1, -0.05) is 0 Å². The molecule has 0 saturated carbocycles. The molecule has 25 heavy (non-hydrogen) atoms. The quantitative estimate of drug-likeness (QED) is 0.804. The monoisotopic (exact) mass is 337 g/mol. The average Bonchev–Trinajstić information content (AvgIpc) is 2.65. The van der Waals surface area contributed by atoms with Gasteiger partial charge in [-0.05, 0) is 25.1 Å². The van der Waals surface area contributed by atoms with Crippen LogP contribution in [-0.2, 0) is 0 Å². The smallest absolute Gasteiger partial charge is 0.255 e. The zero-order valence-electron chi connectivity index (χ0n) is 14.8. The van der Waals surface area contributed by atoms with E-state index in [0.717, 1.165) is 61.5 Å². The van der Waals surface area contributed by atoms with Gasteiger partial charge in [-0.15, -0.1) is 12.3 Å². The Labute approximate surface area is 148 Å². The molecule has 0 N–H and O–H groups in total. The second-order valence-corrected chi connectivity index (χ2v) is 6.27. The van der Waals surface area contributed by atoms with E-state index < -0.39 is 0 Å². The van der Waals surface area contributed by atoms with Crippen LogP contribution in [-0.4, -0.2) is 60.5 Å². The summed E-state index contributed by atoms with van der Waals surface area (Å²) >= 11 is 0. The van der Waals surface area contributed by atoms with Gasteiger partial charge in [-0.3, -0.25) is 14.7 Å². The second kappa shape index (κ2) is 7.54. The zero-order valence-corrected chi connectivity index (χ0v) is 14.8. The molecular weight excluding hydrogens is 314 g/mol. The topological polar surface area (TPSA) is 45.7 Å². The van der Waals surface area contributed by atoms with E-state index in [4.69, 9.17) is 11.2 Å². The van der Waals surface area contributed by atoms with Gasteiger partial charge in [-0.25, -0.2) is 0 Å². The molecule has 130 valence electrons. The zero-order chi connectivity index (χ0) is 17.8. The van der Waals surface area contributed by atoms with Crippen LogP contribution in [0.2, 0.25) is 0 Å². The number of aryl methyl sites for hydroxylation is 1. The number of fused-ring (bicyclic) bond motifs is 1. The maximum Gasteiger partial charge on any atom is 0.255 e. The van der Waals surface area contributed by atoms with Crippen molar-refractivity contribution in [2.75, 3.05) is 39.8 Å². The lowest BCUT2D eigenvalue weighted by Crippen LogP contribution is -2.49. The van der Waals surface area contributed by atoms with Crippen LogP contribution in [0.5, 0.6) is 5.75 Å². The van der Waals surface area contributed by atoms with Crippen molar-refractivity contribution < 1.29 is 9.53 Å². The van der Waals surface area contributed by atoms with Crippen LogP contribution in [0.4, 0.5) is 0 Å². The van der Waals surface area contributed by atoms with Crippen molar-refractivity contribution in [1.82, 2.24) is 14.8 Å². The summed E-state index contributed by atoms with van der Waals surface area (Å²) in [7, 11) is 1.63. The molecule has 0 radical (unpaired) electrons. The standard InChI is InChI=1S/C20H23N3O2/c1-4-5-8-22-9-11-23(12-10-22)20(24)18-13-16-6-7-17(25-3)14-19(16)21-15(18)2/h1,6-7,13-14H,5,8-12H2,2-3H3. The minimum Gasteiger partial charge on any atom is -0.497 e. The summed E-state index contributed by atoms with van der Waals surface area (Å²) in [5, 5.41) is 0.947. The Morgan fingerprint density at radius 1 is 1.28 bits per heavy atom. The molecule has 1 aliphatic heterocycles. The van der Waals surface area contributed by atoms with Gasteiger partial charge in [0.25, 0.3) is 5.91 Å². The molecule has 1 aromatic heterocycles. The van der Waals surface area contributed by atoms with Crippen LogP contribution >= 0.6 is 0 Å². The number of rotatable bonds is 4. The maximum absolute atomic E-state index is 12.9. The second-order valence-electron chi connectivity index (χ2n) is 6.27. The predicted octanol–water partition coefficient (Wildman–Crippen LogP) is 2.33. The first-order valence-corrected chi connectivity index (χ1v) is 8.53. The molecule has 0 aliphatic carbocycles. The Hall–Kier alpha value is -2.58. The van der Waals surface area contributed by atoms with E-state index in [0.29, 0.717) is 5.56 Å². The highest BCUT2D eigenvalue weighted by atomic mass is 16.5. The van der Waals surface area contributed by atoms with Crippen LogP contribution in [0.15, 0.2) is 24.3 Å². The van der Waals surface area contributed by atoms with Gasteiger partial charge in [0.15, 0.2) is 0 Å². The Morgan fingerprint density at radius 2 is 2.04 bits per heavy atom. The number of amides is 1. The Bertz CT molecular complexity index is 818. The first-order chi connectivity index (χ1) is 12.1. The molecule has 1 aliphatic rings. The first-order valence-electron chi connectivity index (χ1n) is 8.53. The number of benzene rings is 1. The molecule has 0 unspecified atom stereocenters. The molecular formula is C20H23N3O2. The van der Waals surface area contributed by atoms with E-state index in [1.54, 1.807) is 7.11 Å². The Kier molecular flexibility index (Phi) is 5.20. The van der Waals surface area contributed by atoms with E-state index in [1.807, 2.05) is 36.1 Å². The number of carbonyl (C=O) groups is 1. The number of methoxy groups -OCH3 is 1. The Balaban J connectivity index is 1.76. The van der Waals surface area contributed by atoms with Crippen molar-refractivity contribution >= 4 is 16.8 Å². The van der Waals surface area contributed by atoms with Crippen LogP contribution in [0.3, 0.4) is 0 Å². The molecule has 5 heteroatoms. The molecule has 0 bridgehead atoms. The number of nitrogens with zero attached hydrogens (tertiary/aromatic N) is 3. The average molecular weight is 337 g/mol. The summed E-state index contributed by atoms with van der Waals surface area (Å²) in [6.07, 6.45) is 6.08. The van der Waals surface area contributed by atoms with Crippen LogP contribution in [0, 0.1) is 19.3 Å². The molecule has 1 amide bonds. The predicted molar refractivity (Wildman–Crippen MR) is 98.8 cm³/mol. The summed E-state index contributed by atoms with van der Waals surface area (Å²) in [5.41, 5.74) is 2.27. The fraction of sp³-hybridized carbons (Fsp3) is 0.400. The van der Waals surface area contributed by atoms with Gasteiger partial charge in [0, 0.05) is 50.6 Å². The summed E-state index contributed by atoms with van der Waals surface area (Å²) in [5.74, 6) is 3.49. The highest BCUT2D eigenvalue weighted by Gasteiger charge is 2.23. The summed E-state index contributed by atoms with van der Waals surface area (Å²) in [6, 6.07) is 7.65. The normalized spacial score (nSPS) is 15.2. The number of hydrogen-bond acceptors (Lipinski definition) is 4. The van der Waals surface area contributed by atoms with E-state index >= 15 is 0 Å². The molecule has 5 nitrogen and oxygen atoms in total. The number of ether oxygens (including phenoxy) is 1. The number of carbonyl (C=O) groups excluding carboxylic acids is 1. The molecule has 0 atom stereocenters. The molecule has 1 saturated heterocycles. The molecule has 1 aromatic carbocycles. The van der Waals surface area contributed by atoms with Gasteiger partial charge in [-0.2, -0.15) is 0 Å². The van der Waals surface area contributed by atoms with Crippen molar-refractivity contribution in [3.63, 3.8) is 0 Å². The summed E-state index contributed by atoms with van der Waals surface area (Å²) in [4.78, 5) is 21.7. The fourth-order valence-electron chi connectivity index (χ4n) is 3.15. The van der Waals surface area contributed by atoms with Gasteiger partial charge >= 0.3 is 0 Å². The lowest BCUT2D eigenvalue weighted by atomic mass is 10.1. The van der Waals surface area contributed by atoms with Crippen molar-refractivity contribution in [1.29, 1.82) is 0 Å². The van der Waals surface area contributed by atoms with E-state index in [2.05, 4.69) is 15.8 Å². The van der Waals surface area contributed by atoms with Crippen molar-refractivity contribution in [3.8, 4) is 18.1 Å². The lowest BCUT2D eigenvalue weighted by molar-refractivity contribution is 0.0639. The molecule has 3 rings (SSSR count). The van der Waals surface area contributed by atoms with Gasteiger partial charge < -0.3 is 9.64 Å². The van der Waals surface area contributed by atoms with E-state index in [1.165, 1.54) is 0 Å². The van der Waals surface area contributed by atoms with Gasteiger partial charge in [0.1, 0.15) is 5.75 Å². The number of hydrogen-bond donors (Lipinski definition) is 0. The maximum atomic E-state index is 12.9. The van der Waals surface area contributed by atoms with Crippen molar-refractivity contribution in [2.24, 2.45) is 0 Å². The van der Waals surface area contributed by atoms with Gasteiger partial charge in [0.05, 0.1) is 23.9 Å². The molecule has 0 spiro atoms. The van der Waals surface area contributed by atoms with Crippen LogP contribution in [0.25, 0.3) is 10.9 Å². The van der Waals surface area contributed by atoms with Crippen molar-refractivity contribution in [3.05, 3.63) is 35.5 Å². The first kappa shape index (κ1) is 17.2. The largest absolute Gasteiger partial charge is 0.497 e. The highest BCUT2D eigenvalue weighted by Crippen LogP contribution is 2.22. The number of aromatic nitrogens is 1. The van der Waals surface area contributed by atoms with Gasteiger partial charge in [0.2, 0.25) is 0 Å². The lowest BCUT2D eigenvalue weighted by Gasteiger charge is -2.34. The third-order valence-corrected chi connectivity index (χ3v) is 4.68. The number of piperazine rings is 1. The summed E-state index contributed by atoms with van der Waals surface area (Å²) in [6.45, 7) is 5.97. The molecule has 1 fully saturated rings.